The van der Waals surface area contributed by atoms with Gasteiger partial charge in [-0.2, -0.15) is 11.8 Å². The molecule has 2 aliphatic rings. The molecule has 1 unspecified atom stereocenters. The number of nitrogens with zero attached hydrogens (tertiary/aromatic N) is 1. The second-order valence-corrected chi connectivity index (χ2v) is 8.37. The molecule has 2 rings (SSSR count). The smallest absolute Gasteiger partial charge is 0.166 e. The van der Waals surface area contributed by atoms with Crippen LogP contribution in [0.3, 0.4) is 0 Å². The van der Waals surface area contributed by atoms with E-state index in [0.29, 0.717) is 6.04 Å². The Kier molecular flexibility index (Phi) is 4.74. The van der Waals surface area contributed by atoms with Crippen LogP contribution in [0.25, 0.3) is 0 Å². The second kappa shape index (κ2) is 5.91. The van der Waals surface area contributed by atoms with Gasteiger partial charge in [0.05, 0.1) is 0 Å². The molecule has 0 aromatic rings. The lowest BCUT2D eigenvalue weighted by molar-refractivity contribution is 0.245. The van der Waals surface area contributed by atoms with Gasteiger partial charge in [-0.3, -0.25) is 4.90 Å². The number of hydrogen-bond acceptors (Lipinski definition) is 5. The van der Waals surface area contributed by atoms with Crippen LogP contribution in [0.1, 0.15) is 19.8 Å². The van der Waals surface area contributed by atoms with Crippen molar-refractivity contribution < 1.29 is 8.42 Å². The largest absolute Gasteiger partial charge is 0.313 e. The lowest BCUT2D eigenvalue weighted by Crippen LogP contribution is -2.51. The fourth-order valence-corrected chi connectivity index (χ4v) is 5.63. The van der Waals surface area contributed by atoms with Crippen LogP contribution in [0.2, 0.25) is 0 Å². The van der Waals surface area contributed by atoms with Crippen LogP contribution >= 0.6 is 11.8 Å². The molecule has 4 nitrogen and oxygen atoms in total. The summed E-state index contributed by atoms with van der Waals surface area (Å²) in [5.74, 6) is 2.05. The van der Waals surface area contributed by atoms with Gasteiger partial charge in [-0.15, -0.1) is 0 Å². The molecule has 6 heteroatoms. The maximum atomic E-state index is 12.1. The summed E-state index contributed by atoms with van der Waals surface area (Å²) in [5, 5.41) is 3.19. The van der Waals surface area contributed by atoms with E-state index in [1.807, 2.05) is 0 Å². The first-order valence-electron chi connectivity index (χ1n) is 6.40. The number of thioether (sulfide) groups is 1. The third-order valence-electron chi connectivity index (χ3n) is 3.62. The van der Waals surface area contributed by atoms with Crippen molar-refractivity contribution in [3.05, 3.63) is 0 Å². The van der Waals surface area contributed by atoms with Crippen LogP contribution in [0.4, 0.5) is 0 Å². The molecule has 0 amide bonds. The molecule has 0 bridgehead atoms. The van der Waals surface area contributed by atoms with E-state index in [9.17, 15) is 8.42 Å². The van der Waals surface area contributed by atoms with E-state index >= 15 is 0 Å². The summed E-state index contributed by atoms with van der Waals surface area (Å²) in [4.78, 5) is 2.18. The van der Waals surface area contributed by atoms with Crippen LogP contribution in [0.15, 0.2) is 0 Å². The first-order valence-corrected chi connectivity index (χ1v) is 9.27. The van der Waals surface area contributed by atoms with Gasteiger partial charge in [0.15, 0.2) is 9.84 Å². The molecule has 2 atom stereocenters. The van der Waals surface area contributed by atoms with Crippen LogP contribution in [0, 0.1) is 0 Å². The van der Waals surface area contributed by atoms with E-state index in [-0.39, 0.29) is 11.1 Å². The van der Waals surface area contributed by atoms with Crippen molar-refractivity contribution in [2.24, 2.45) is 0 Å². The molecule has 0 spiro atoms. The first kappa shape index (κ1) is 13.6. The molecule has 2 aliphatic heterocycles. The van der Waals surface area contributed by atoms with Gasteiger partial charge in [0, 0.05) is 36.4 Å². The predicted molar refractivity (Wildman–Crippen MR) is 73.2 cm³/mol. The summed E-state index contributed by atoms with van der Waals surface area (Å²) in [6, 6.07) is 0.493. The molecule has 1 N–H and O–H groups in total. The Bertz CT molecular complexity index is 339. The highest BCUT2D eigenvalue weighted by Gasteiger charge is 2.34. The summed E-state index contributed by atoms with van der Waals surface area (Å²) in [6.45, 7) is 4.64. The summed E-state index contributed by atoms with van der Waals surface area (Å²) >= 11 is 1.77. The average Bonchev–Trinajstić information content (AvgIpc) is 2.82. The molecule has 0 saturated carbocycles. The molecule has 2 saturated heterocycles. The Hall–Kier alpha value is 0.220. The monoisotopic (exact) mass is 278 g/mol. The van der Waals surface area contributed by atoms with Crippen molar-refractivity contribution in [1.29, 1.82) is 0 Å². The second-order valence-electron chi connectivity index (χ2n) is 4.77. The summed E-state index contributed by atoms with van der Waals surface area (Å²) in [6.07, 6.45) is 2.40. The minimum atomic E-state index is -2.93. The van der Waals surface area contributed by atoms with E-state index in [4.69, 9.17) is 0 Å². The van der Waals surface area contributed by atoms with Crippen molar-refractivity contribution >= 4 is 21.6 Å². The van der Waals surface area contributed by atoms with Gasteiger partial charge in [0.25, 0.3) is 0 Å². The van der Waals surface area contributed by atoms with Gasteiger partial charge in [0.1, 0.15) is 5.37 Å². The molecule has 0 aromatic carbocycles. The van der Waals surface area contributed by atoms with Crippen molar-refractivity contribution in [3.63, 3.8) is 0 Å². The summed E-state index contributed by atoms with van der Waals surface area (Å²) < 4.78 is 24.1. The maximum absolute atomic E-state index is 12.1. The third kappa shape index (κ3) is 3.36. The highest BCUT2D eigenvalue weighted by molar-refractivity contribution is 8.01. The van der Waals surface area contributed by atoms with E-state index in [0.717, 1.165) is 31.1 Å². The van der Waals surface area contributed by atoms with E-state index in [2.05, 4.69) is 10.2 Å². The highest BCUT2D eigenvalue weighted by Crippen LogP contribution is 2.22. The van der Waals surface area contributed by atoms with Crippen molar-refractivity contribution in [3.8, 4) is 0 Å². The van der Waals surface area contributed by atoms with Crippen LogP contribution in [-0.4, -0.2) is 61.6 Å². The van der Waals surface area contributed by atoms with Gasteiger partial charge in [-0.25, -0.2) is 8.42 Å². The normalized spacial score (nSPS) is 31.8. The molecule has 0 aliphatic carbocycles. The Labute approximate surface area is 108 Å². The molecular weight excluding hydrogens is 256 g/mol. The zero-order chi connectivity index (χ0) is 12.3. The van der Waals surface area contributed by atoms with E-state index in [1.54, 1.807) is 18.7 Å². The maximum Gasteiger partial charge on any atom is 0.166 e. The van der Waals surface area contributed by atoms with Gasteiger partial charge in [-0.05, 0) is 19.4 Å². The fourth-order valence-electron chi connectivity index (χ4n) is 2.54. The van der Waals surface area contributed by atoms with Gasteiger partial charge >= 0.3 is 0 Å². The molecule has 0 aromatic heterocycles. The molecule has 100 valence electrons. The predicted octanol–water partition coefficient (Wildman–Crippen LogP) is 0.548. The summed E-state index contributed by atoms with van der Waals surface area (Å²) in [5.41, 5.74) is 0. The van der Waals surface area contributed by atoms with Crippen LogP contribution in [0.5, 0.6) is 0 Å². The Morgan fingerprint density at radius 2 is 2.29 bits per heavy atom. The highest BCUT2D eigenvalue weighted by atomic mass is 32.2. The van der Waals surface area contributed by atoms with E-state index < -0.39 is 9.84 Å². The number of sulfone groups is 1. The quantitative estimate of drug-likeness (QED) is 0.814. The van der Waals surface area contributed by atoms with E-state index in [1.165, 1.54) is 12.8 Å². The lowest BCUT2D eigenvalue weighted by atomic mass is 10.2. The summed E-state index contributed by atoms with van der Waals surface area (Å²) in [7, 11) is -2.93. The van der Waals surface area contributed by atoms with Crippen LogP contribution in [-0.2, 0) is 9.84 Å². The Balaban J connectivity index is 2.01. The zero-order valence-electron chi connectivity index (χ0n) is 10.4. The van der Waals surface area contributed by atoms with Gasteiger partial charge in [-0.1, -0.05) is 6.92 Å². The molecule has 2 heterocycles. The number of hydrogen-bond donors (Lipinski definition) is 1. The Morgan fingerprint density at radius 1 is 1.47 bits per heavy atom. The zero-order valence-corrected chi connectivity index (χ0v) is 12.0. The SMILES string of the molecule is CCS(=O)(=O)C1CSCCN1C[C@@H]1CCCN1. The van der Waals surface area contributed by atoms with Gasteiger partial charge in [0.2, 0.25) is 0 Å². The topological polar surface area (TPSA) is 49.4 Å². The number of nitrogens with one attached hydrogen (secondary N) is 1. The minimum Gasteiger partial charge on any atom is -0.313 e. The average molecular weight is 278 g/mol. The molecule has 0 radical (unpaired) electrons. The first-order chi connectivity index (χ1) is 8.13. The molecular formula is C11H22N2O2S2. The van der Waals surface area contributed by atoms with Crippen molar-refractivity contribution in [2.75, 3.05) is 36.9 Å². The van der Waals surface area contributed by atoms with Crippen molar-refractivity contribution in [1.82, 2.24) is 10.2 Å². The standard InChI is InChI=1S/C11H22N2O2S2/c1-2-17(14,15)11-9-16-7-6-13(11)8-10-4-3-5-12-10/h10-12H,2-9H2,1H3/t10-,11?/m0/s1. The molecule has 17 heavy (non-hydrogen) atoms. The fraction of sp³-hybridized carbons (Fsp3) is 1.00. The molecule has 2 fully saturated rings. The number of rotatable bonds is 4. The minimum absolute atomic E-state index is 0.256. The van der Waals surface area contributed by atoms with Gasteiger partial charge < -0.3 is 5.32 Å². The third-order valence-corrected chi connectivity index (χ3v) is 6.96. The van der Waals surface area contributed by atoms with Crippen molar-refractivity contribution in [2.45, 2.75) is 31.2 Å². The van der Waals surface area contributed by atoms with Crippen LogP contribution < -0.4 is 5.32 Å². The lowest BCUT2D eigenvalue weighted by Gasteiger charge is -2.36. The Morgan fingerprint density at radius 3 is 2.94 bits per heavy atom.